The van der Waals surface area contributed by atoms with Gasteiger partial charge in [0.1, 0.15) is 0 Å². The van der Waals surface area contributed by atoms with Gasteiger partial charge >= 0.3 is 0 Å². The normalized spacial score (nSPS) is 25.0. The smallest absolute Gasteiger partial charge is 0.253 e. The SMILES string of the molecule is Cl.O=C(c1ccc(Cl)c(Br)c1)N1CCC2NCCC2C1. The van der Waals surface area contributed by atoms with Gasteiger partial charge in [-0.15, -0.1) is 12.4 Å². The van der Waals surface area contributed by atoms with Crippen LogP contribution in [0.25, 0.3) is 0 Å². The van der Waals surface area contributed by atoms with Crippen LogP contribution in [0.1, 0.15) is 23.2 Å². The molecule has 2 saturated heterocycles. The van der Waals surface area contributed by atoms with Crippen molar-refractivity contribution in [3.63, 3.8) is 0 Å². The number of likely N-dealkylation sites (tertiary alicyclic amines) is 1. The van der Waals surface area contributed by atoms with Crippen LogP contribution in [0.2, 0.25) is 5.02 Å². The van der Waals surface area contributed by atoms with Gasteiger partial charge in [0.05, 0.1) is 5.02 Å². The molecular weight excluding hydrogens is 363 g/mol. The summed E-state index contributed by atoms with van der Waals surface area (Å²) >= 11 is 9.33. The Kier molecular flexibility index (Phi) is 5.35. The van der Waals surface area contributed by atoms with Crippen LogP contribution in [0.5, 0.6) is 0 Å². The van der Waals surface area contributed by atoms with E-state index in [1.165, 1.54) is 6.42 Å². The number of carbonyl (C=O) groups is 1. The maximum atomic E-state index is 12.5. The van der Waals surface area contributed by atoms with E-state index in [0.717, 1.165) is 30.5 Å². The molecule has 6 heteroatoms. The van der Waals surface area contributed by atoms with Crippen LogP contribution in [0.4, 0.5) is 0 Å². The molecule has 0 bridgehead atoms. The second-order valence-electron chi connectivity index (χ2n) is 5.28. The predicted octanol–water partition coefficient (Wildman–Crippen LogP) is 3.35. The standard InChI is InChI=1S/C14H16BrClN2O.ClH/c15-11-7-9(1-2-12(11)16)14(19)18-6-4-13-10(8-18)3-5-17-13;/h1-2,7,10,13,17H,3-6,8H2;1H. The number of halogens is 3. The number of hydrogen-bond acceptors (Lipinski definition) is 2. The number of fused-ring (bicyclic) bond motifs is 1. The number of nitrogens with zero attached hydrogens (tertiary/aromatic N) is 1. The summed E-state index contributed by atoms with van der Waals surface area (Å²) in [6.07, 6.45) is 2.24. The second kappa shape index (κ2) is 6.65. The minimum Gasteiger partial charge on any atom is -0.338 e. The molecule has 3 nitrogen and oxygen atoms in total. The molecule has 2 aliphatic rings. The van der Waals surface area contributed by atoms with E-state index in [9.17, 15) is 4.79 Å². The molecule has 0 saturated carbocycles. The van der Waals surface area contributed by atoms with Crippen molar-refractivity contribution in [2.45, 2.75) is 18.9 Å². The highest BCUT2D eigenvalue weighted by molar-refractivity contribution is 9.10. The molecule has 2 aliphatic heterocycles. The lowest BCUT2D eigenvalue weighted by molar-refractivity contribution is 0.0662. The molecular formula is C14H17BrCl2N2O. The van der Waals surface area contributed by atoms with Gasteiger partial charge in [-0.25, -0.2) is 0 Å². The van der Waals surface area contributed by atoms with Gasteiger partial charge in [-0.2, -0.15) is 0 Å². The van der Waals surface area contributed by atoms with E-state index in [0.29, 0.717) is 22.5 Å². The average molecular weight is 380 g/mol. The highest BCUT2D eigenvalue weighted by Crippen LogP contribution is 2.27. The third kappa shape index (κ3) is 3.14. The Hall–Kier alpha value is -0.290. The van der Waals surface area contributed by atoms with Gasteiger partial charge < -0.3 is 10.2 Å². The van der Waals surface area contributed by atoms with E-state index in [-0.39, 0.29) is 18.3 Å². The Morgan fingerprint density at radius 3 is 2.95 bits per heavy atom. The Labute approximate surface area is 138 Å². The lowest BCUT2D eigenvalue weighted by atomic mass is 9.93. The van der Waals surface area contributed by atoms with Crippen LogP contribution >= 0.6 is 39.9 Å². The highest BCUT2D eigenvalue weighted by atomic mass is 79.9. The Balaban J connectivity index is 0.00000147. The minimum atomic E-state index is 0. The van der Waals surface area contributed by atoms with Gasteiger partial charge in [-0.3, -0.25) is 4.79 Å². The molecule has 1 aromatic carbocycles. The molecule has 2 unspecified atom stereocenters. The molecule has 2 atom stereocenters. The number of nitrogens with one attached hydrogen (secondary N) is 1. The number of carbonyl (C=O) groups excluding carboxylic acids is 1. The van der Waals surface area contributed by atoms with Crippen molar-refractivity contribution >= 4 is 45.8 Å². The zero-order valence-corrected chi connectivity index (χ0v) is 14.1. The summed E-state index contributed by atoms with van der Waals surface area (Å²) in [5, 5.41) is 4.15. The number of amides is 1. The fraction of sp³-hybridized carbons (Fsp3) is 0.500. The van der Waals surface area contributed by atoms with Gasteiger partial charge in [0.25, 0.3) is 5.91 Å². The molecule has 1 amide bonds. The molecule has 3 rings (SSSR count). The van der Waals surface area contributed by atoms with Gasteiger partial charge in [-0.1, -0.05) is 11.6 Å². The molecule has 1 N–H and O–H groups in total. The van der Waals surface area contributed by atoms with Crippen molar-refractivity contribution in [2.75, 3.05) is 19.6 Å². The molecule has 0 aromatic heterocycles. The molecule has 0 aliphatic carbocycles. The Morgan fingerprint density at radius 1 is 1.40 bits per heavy atom. The van der Waals surface area contributed by atoms with Crippen LogP contribution in [0.15, 0.2) is 22.7 Å². The summed E-state index contributed by atoms with van der Waals surface area (Å²) < 4.78 is 0.775. The highest BCUT2D eigenvalue weighted by Gasteiger charge is 2.34. The third-order valence-corrected chi connectivity index (χ3v) is 5.32. The average Bonchev–Trinajstić information content (AvgIpc) is 2.88. The molecule has 1 aromatic rings. The maximum Gasteiger partial charge on any atom is 0.253 e. The van der Waals surface area contributed by atoms with Crippen molar-refractivity contribution in [1.29, 1.82) is 0 Å². The zero-order valence-electron chi connectivity index (χ0n) is 10.9. The summed E-state index contributed by atoms with van der Waals surface area (Å²) in [7, 11) is 0. The van der Waals surface area contributed by atoms with E-state index in [1.807, 2.05) is 11.0 Å². The second-order valence-corrected chi connectivity index (χ2v) is 6.54. The van der Waals surface area contributed by atoms with Gasteiger partial charge in [0, 0.05) is 29.2 Å². The topological polar surface area (TPSA) is 32.3 Å². The summed E-state index contributed by atoms with van der Waals surface area (Å²) in [5.41, 5.74) is 0.709. The number of rotatable bonds is 1. The van der Waals surface area contributed by atoms with Crippen molar-refractivity contribution in [1.82, 2.24) is 10.2 Å². The molecule has 20 heavy (non-hydrogen) atoms. The van der Waals surface area contributed by atoms with Crippen LogP contribution in [-0.4, -0.2) is 36.5 Å². The number of piperidine rings is 1. The first kappa shape index (κ1) is 16.1. The first-order valence-corrected chi connectivity index (χ1v) is 7.80. The van der Waals surface area contributed by atoms with Crippen LogP contribution in [-0.2, 0) is 0 Å². The maximum absolute atomic E-state index is 12.5. The van der Waals surface area contributed by atoms with E-state index < -0.39 is 0 Å². The monoisotopic (exact) mass is 378 g/mol. The van der Waals surface area contributed by atoms with E-state index in [1.54, 1.807) is 12.1 Å². The van der Waals surface area contributed by atoms with Crippen molar-refractivity contribution in [3.8, 4) is 0 Å². The van der Waals surface area contributed by atoms with Crippen molar-refractivity contribution < 1.29 is 4.79 Å². The van der Waals surface area contributed by atoms with E-state index in [4.69, 9.17) is 11.6 Å². The quantitative estimate of drug-likeness (QED) is 0.811. The van der Waals surface area contributed by atoms with Crippen molar-refractivity contribution in [2.24, 2.45) is 5.92 Å². The fourth-order valence-electron chi connectivity index (χ4n) is 3.04. The first-order valence-electron chi connectivity index (χ1n) is 6.63. The molecule has 110 valence electrons. The molecule has 0 spiro atoms. The lowest BCUT2D eigenvalue weighted by Gasteiger charge is -2.35. The number of benzene rings is 1. The largest absolute Gasteiger partial charge is 0.338 e. The first-order chi connectivity index (χ1) is 9.15. The molecule has 2 fully saturated rings. The lowest BCUT2D eigenvalue weighted by Crippen LogP contribution is -2.46. The van der Waals surface area contributed by atoms with Gasteiger partial charge in [-0.05, 0) is 59.4 Å². The minimum absolute atomic E-state index is 0. The molecule has 2 heterocycles. The van der Waals surface area contributed by atoms with Crippen LogP contribution in [0, 0.1) is 5.92 Å². The van der Waals surface area contributed by atoms with Gasteiger partial charge in [0.15, 0.2) is 0 Å². The number of hydrogen-bond donors (Lipinski definition) is 1. The van der Waals surface area contributed by atoms with E-state index >= 15 is 0 Å². The fourth-order valence-corrected chi connectivity index (χ4v) is 3.54. The van der Waals surface area contributed by atoms with E-state index in [2.05, 4.69) is 21.2 Å². The summed E-state index contributed by atoms with van der Waals surface area (Å²) in [6, 6.07) is 5.99. The Bertz CT molecular complexity index is 512. The predicted molar refractivity (Wildman–Crippen MR) is 86.8 cm³/mol. The van der Waals surface area contributed by atoms with Crippen LogP contribution in [0.3, 0.4) is 0 Å². The summed E-state index contributed by atoms with van der Waals surface area (Å²) in [5.74, 6) is 0.733. The van der Waals surface area contributed by atoms with Crippen molar-refractivity contribution in [3.05, 3.63) is 33.3 Å². The van der Waals surface area contributed by atoms with Gasteiger partial charge in [0.2, 0.25) is 0 Å². The third-order valence-electron chi connectivity index (χ3n) is 4.11. The Morgan fingerprint density at radius 2 is 2.20 bits per heavy atom. The molecule has 0 radical (unpaired) electrons. The zero-order chi connectivity index (χ0) is 13.4. The summed E-state index contributed by atoms with van der Waals surface area (Å²) in [4.78, 5) is 14.5. The van der Waals surface area contributed by atoms with Crippen LogP contribution < -0.4 is 5.32 Å². The summed E-state index contributed by atoms with van der Waals surface area (Å²) in [6.45, 7) is 2.80.